The molecule has 0 unspecified atom stereocenters. The molecule has 176 valence electrons. The van der Waals surface area contributed by atoms with Crippen molar-refractivity contribution in [3.05, 3.63) is 53.3 Å². The van der Waals surface area contributed by atoms with E-state index >= 15 is 0 Å². The van der Waals surface area contributed by atoms with Gasteiger partial charge in [0.15, 0.2) is 5.96 Å². The average Bonchev–Trinajstić information content (AvgIpc) is 2.75. The van der Waals surface area contributed by atoms with Gasteiger partial charge in [0, 0.05) is 31.9 Å². The fourth-order valence-corrected chi connectivity index (χ4v) is 4.58. The van der Waals surface area contributed by atoms with Crippen LogP contribution in [0, 0.1) is 6.92 Å². The molecule has 1 aromatic carbocycles. The van der Waals surface area contributed by atoms with Gasteiger partial charge >= 0.3 is 0 Å². The van der Waals surface area contributed by atoms with Crippen LogP contribution < -0.4 is 11.1 Å². The van der Waals surface area contributed by atoms with E-state index in [1.807, 2.05) is 32.0 Å². The zero-order valence-corrected chi connectivity index (χ0v) is 19.1. The highest BCUT2D eigenvalue weighted by atomic mass is 19.3. The van der Waals surface area contributed by atoms with Gasteiger partial charge in [-0.2, -0.15) is 8.78 Å². The number of nitrogens with zero attached hydrogens (tertiary/aromatic N) is 3. The lowest BCUT2D eigenvalue weighted by molar-refractivity contribution is -0.132. The van der Waals surface area contributed by atoms with Gasteiger partial charge in [-0.05, 0) is 56.0 Å². The van der Waals surface area contributed by atoms with E-state index < -0.39 is 11.5 Å². The molecule has 7 nitrogen and oxygen atoms in total. The van der Waals surface area contributed by atoms with Crippen LogP contribution in [0.3, 0.4) is 0 Å². The van der Waals surface area contributed by atoms with Gasteiger partial charge < -0.3 is 15.8 Å². The fourth-order valence-electron chi connectivity index (χ4n) is 4.58. The number of aromatic nitrogens is 1. The monoisotopic (exact) mass is 457 g/mol. The first-order valence-electron chi connectivity index (χ1n) is 11.0. The number of hydrogen-bond acceptors (Lipinski definition) is 6. The van der Waals surface area contributed by atoms with E-state index in [1.165, 1.54) is 12.3 Å². The molecule has 0 aliphatic carbocycles. The van der Waals surface area contributed by atoms with Crippen LogP contribution >= 0.6 is 0 Å². The molecule has 0 radical (unpaired) electrons. The minimum absolute atomic E-state index is 0.0135. The largest absolute Gasteiger partial charge is 0.381 e. The molecule has 0 spiro atoms. The summed E-state index contributed by atoms with van der Waals surface area (Å²) in [6.45, 7) is 5.88. The maximum atomic E-state index is 13.4. The normalized spacial score (nSPS) is 22.3. The van der Waals surface area contributed by atoms with E-state index in [0.29, 0.717) is 18.9 Å². The lowest BCUT2D eigenvalue weighted by atomic mass is 9.84. The van der Waals surface area contributed by atoms with Crippen LogP contribution in [0.2, 0.25) is 0 Å². The van der Waals surface area contributed by atoms with Gasteiger partial charge in [-0.15, -0.1) is 0 Å². The van der Waals surface area contributed by atoms with E-state index in [4.69, 9.17) is 15.5 Å². The number of carbonyl (C=O) groups is 1. The number of hydrogen-bond donors (Lipinski definition) is 2. The molecular formula is C24H29F2N5O2. The third kappa shape index (κ3) is 4.68. The summed E-state index contributed by atoms with van der Waals surface area (Å²) in [5.74, 6) is -2.80. The molecule has 1 fully saturated rings. The molecule has 9 heteroatoms. The van der Waals surface area contributed by atoms with Crippen LogP contribution in [-0.4, -0.2) is 41.0 Å². The number of anilines is 2. The zero-order valence-electron chi connectivity index (χ0n) is 19.1. The molecule has 1 aromatic heterocycles. The van der Waals surface area contributed by atoms with Gasteiger partial charge in [0.25, 0.3) is 5.92 Å². The van der Waals surface area contributed by atoms with Crippen LogP contribution in [-0.2, 0) is 21.0 Å². The Morgan fingerprint density at radius 1 is 1.24 bits per heavy atom. The SMILES string of the molecule is Cc1c(Nc2ccc(C(C)(F)F)nc2)cccc1[C@]1(C)CC(=O)N(C2CCOCC2)C(N)=N1. The summed E-state index contributed by atoms with van der Waals surface area (Å²) in [6.07, 6.45) is 3.07. The highest BCUT2D eigenvalue weighted by molar-refractivity contribution is 5.99. The topological polar surface area (TPSA) is 92.8 Å². The third-order valence-corrected chi connectivity index (χ3v) is 6.33. The van der Waals surface area contributed by atoms with Crippen LogP contribution in [0.1, 0.15) is 49.9 Å². The Hall–Kier alpha value is -3.07. The zero-order chi connectivity index (χ0) is 23.8. The van der Waals surface area contributed by atoms with E-state index in [1.54, 1.807) is 11.0 Å². The Kier molecular flexibility index (Phi) is 6.09. The van der Waals surface area contributed by atoms with Crippen LogP contribution in [0.15, 0.2) is 41.5 Å². The fraction of sp³-hybridized carbons (Fsp3) is 0.458. The molecule has 1 atom stereocenters. The Balaban J connectivity index is 1.60. The molecule has 2 aromatic rings. The Bertz CT molecular complexity index is 1060. The van der Waals surface area contributed by atoms with Crippen molar-refractivity contribution in [1.82, 2.24) is 9.88 Å². The van der Waals surface area contributed by atoms with E-state index in [0.717, 1.165) is 36.6 Å². The van der Waals surface area contributed by atoms with Gasteiger partial charge in [0.2, 0.25) is 5.91 Å². The number of guanidine groups is 1. The van der Waals surface area contributed by atoms with Crippen molar-refractivity contribution < 1.29 is 18.3 Å². The number of nitrogens with two attached hydrogens (primary N) is 1. The quantitative estimate of drug-likeness (QED) is 0.703. The molecule has 3 N–H and O–H groups in total. The highest BCUT2D eigenvalue weighted by Gasteiger charge is 2.41. The second kappa shape index (κ2) is 8.70. The number of alkyl halides is 2. The van der Waals surface area contributed by atoms with Crippen molar-refractivity contribution in [2.24, 2.45) is 10.7 Å². The second-order valence-electron chi connectivity index (χ2n) is 8.95. The Morgan fingerprint density at radius 3 is 2.58 bits per heavy atom. The summed E-state index contributed by atoms with van der Waals surface area (Å²) in [7, 11) is 0. The Labute approximate surface area is 192 Å². The number of rotatable bonds is 5. The van der Waals surface area contributed by atoms with Crippen molar-refractivity contribution in [3.8, 4) is 0 Å². The number of aliphatic imine (C=N–C) groups is 1. The van der Waals surface area contributed by atoms with Crippen molar-refractivity contribution in [3.63, 3.8) is 0 Å². The third-order valence-electron chi connectivity index (χ3n) is 6.33. The summed E-state index contributed by atoms with van der Waals surface area (Å²) in [5.41, 5.74) is 8.34. The van der Waals surface area contributed by atoms with Crippen LogP contribution in [0.5, 0.6) is 0 Å². The van der Waals surface area contributed by atoms with E-state index in [9.17, 15) is 13.6 Å². The molecule has 0 bridgehead atoms. The summed E-state index contributed by atoms with van der Waals surface area (Å²) in [6, 6.07) is 8.58. The minimum atomic E-state index is -2.99. The van der Waals surface area contributed by atoms with E-state index in [2.05, 4.69) is 10.3 Å². The number of carbonyl (C=O) groups excluding carboxylic acids is 1. The van der Waals surface area contributed by atoms with Crippen molar-refractivity contribution in [1.29, 1.82) is 0 Å². The lowest BCUT2D eigenvalue weighted by Gasteiger charge is -2.41. The van der Waals surface area contributed by atoms with E-state index in [-0.39, 0.29) is 30.0 Å². The van der Waals surface area contributed by atoms with Gasteiger partial charge in [-0.1, -0.05) is 12.1 Å². The van der Waals surface area contributed by atoms with Gasteiger partial charge in [0.1, 0.15) is 5.69 Å². The van der Waals surface area contributed by atoms with Gasteiger partial charge in [0.05, 0.1) is 23.8 Å². The minimum Gasteiger partial charge on any atom is -0.381 e. The summed E-state index contributed by atoms with van der Waals surface area (Å²) in [4.78, 5) is 23.4. The standard InChI is InChI=1S/C24H29F2N5O2/c1-15-18(5-4-6-19(15)29-16-7-8-20(28-14-16)24(3,25)26)23(2)13-21(32)31(22(27)30-23)17-9-11-33-12-10-17/h4-8,14,17,29H,9-13H2,1-3H3,(H2,27,30)/t23-/m0/s1. The molecule has 4 rings (SSSR count). The summed E-state index contributed by atoms with van der Waals surface area (Å²) < 4.78 is 32.3. The lowest BCUT2D eigenvalue weighted by Crippen LogP contribution is -2.55. The van der Waals surface area contributed by atoms with Gasteiger partial charge in [-0.3, -0.25) is 14.7 Å². The van der Waals surface area contributed by atoms with Gasteiger partial charge in [-0.25, -0.2) is 4.99 Å². The van der Waals surface area contributed by atoms with Crippen molar-refractivity contribution >= 4 is 23.2 Å². The smallest absolute Gasteiger partial charge is 0.286 e. The summed E-state index contributed by atoms with van der Waals surface area (Å²) in [5, 5.41) is 3.23. The highest BCUT2D eigenvalue weighted by Crippen LogP contribution is 2.39. The molecule has 1 amide bonds. The van der Waals surface area contributed by atoms with Crippen LogP contribution in [0.4, 0.5) is 20.2 Å². The predicted molar refractivity (Wildman–Crippen MR) is 123 cm³/mol. The Morgan fingerprint density at radius 2 is 1.97 bits per heavy atom. The molecule has 33 heavy (non-hydrogen) atoms. The average molecular weight is 458 g/mol. The number of amides is 1. The molecule has 2 aliphatic heterocycles. The second-order valence-corrected chi connectivity index (χ2v) is 8.95. The number of nitrogens with one attached hydrogen (secondary N) is 1. The van der Waals surface area contributed by atoms with Crippen molar-refractivity contribution in [2.75, 3.05) is 18.5 Å². The molecule has 0 saturated carbocycles. The maximum absolute atomic E-state index is 13.4. The van der Waals surface area contributed by atoms with Crippen molar-refractivity contribution in [2.45, 2.75) is 57.5 Å². The maximum Gasteiger partial charge on any atom is 0.286 e. The number of pyridine rings is 1. The number of halogens is 2. The molecular weight excluding hydrogens is 428 g/mol. The molecule has 2 aliphatic rings. The first-order valence-corrected chi connectivity index (χ1v) is 11.0. The summed E-state index contributed by atoms with van der Waals surface area (Å²) >= 11 is 0. The molecule has 1 saturated heterocycles. The molecule has 3 heterocycles. The first-order chi connectivity index (χ1) is 15.6. The van der Waals surface area contributed by atoms with Crippen LogP contribution in [0.25, 0.3) is 0 Å². The first kappa shape index (κ1) is 23.1. The number of benzene rings is 1. The number of ether oxygens (including phenoxy) is 1. The predicted octanol–water partition coefficient (Wildman–Crippen LogP) is 4.19.